The van der Waals surface area contributed by atoms with E-state index in [2.05, 4.69) is 31.4 Å². The molecular formula is C30H56N2O8. The average molecular weight is 573 g/mol. The highest BCUT2D eigenvalue weighted by molar-refractivity contribution is 5.94. The van der Waals surface area contributed by atoms with Crippen LogP contribution in [0.5, 0.6) is 0 Å². The van der Waals surface area contributed by atoms with Gasteiger partial charge < -0.3 is 31.1 Å². The van der Waals surface area contributed by atoms with Gasteiger partial charge in [-0.25, -0.2) is 0 Å². The fourth-order valence-corrected chi connectivity index (χ4v) is 4.38. The van der Waals surface area contributed by atoms with Crippen LogP contribution in [-0.4, -0.2) is 80.8 Å². The van der Waals surface area contributed by atoms with E-state index in [0.717, 1.165) is 6.42 Å². The van der Waals surface area contributed by atoms with Crippen molar-refractivity contribution in [2.24, 2.45) is 22.7 Å². The molecule has 0 spiro atoms. The monoisotopic (exact) mass is 572 g/mol. The Bertz CT molecular complexity index is 816. The molecule has 10 nitrogen and oxygen atoms in total. The Kier molecular flexibility index (Phi) is 16.4. The topological polar surface area (TPSA) is 173 Å². The van der Waals surface area contributed by atoms with E-state index >= 15 is 0 Å². The van der Waals surface area contributed by atoms with Gasteiger partial charge in [0.05, 0.1) is 18.2 Å². The van der Waals surface area contributed by atoms with Crippen LogP contribution in [0.1, 0.15) is 107 Å². The summed E-state index contributed by atoms with van der Waals surface area (Å²) < 4.78 is 0. The fraction of sp³-hybridized carbons (Fsp3) is 0.867. The molecule has 0 bridgehead atoms. The third kappa shape index (κ3) is 14.7. The lowest BCUT2D eigenvalue weighted by atomic mass is 9.77. The highest BCUT2D eigenvalue weighted by atomic mass is 16.4. The minimum absolute atomic E-state index is 0.0911. The zero-order chi connectivity index (χ0) is 31.4. The molecule has 0 radical (unpaired) electrons. The molecule has 0 rings (SSSR count). The van der Waals surface area contributed by atoms with Gasteiger partial charge in [-0.3, -0.25) is 19.2 Å². The lowest BCUT2D eigenvalue weighted by Crippen LogP contribution is -2.48. The van der Waals surface area contributed by atoms with Gasteiger partial charge >= 0.3 is 0 Å². The van der Waals surface area contributed by atoms with Crippen LogP contribution in [0.4, 0.5) is 0 Å². The first-order valence-electron chi connectivity index (χ1n) is 14.6. The fourth-order valence-electron chi connectivity index (χ4n) is 4.38. The summed E-state index contributed by atoms with van der Waals surface area (Å²) in [5.41, 5.74) is -0.640. The van der Waals surface area contributed by atoms with Crippen molar-refractivity contribution in [3.8, 4) is 0 Å². The summed E-state index contributed by atoms with van der Waals surface area (Å²) in [5, 5.41) is 44.9. The van der Waals surface area contributed by atoms with E-state index in [1.165, 1.54) is 0 Å². The zero-order valence-electron chi connectivity index (χ0n) is 26.1. The number of ketones is 2. The Hall–Kier alpha value is -1.88. The average Bonchev–Trinajstić information content (AvgIpc) is 2.84. The second-order valence-corrected chi connectivity index (χ2v) is 13.6. The van der Waals surface area contributed by atoms with E-state index in [9.17, 15) is 39.6 Å². The van der Waals surface area contributed by atoms with Crippen molar-refractivity contribution in [2.45, 2.75) is 138 Å². The first-order valence-corrected chi connectivity index (χ1v) is 14.6. The molecule has 10 heteroatoms. The molecule has 0 aliphatic rings. The Labute approximate surface area is 240 Å². The highest BCUT2D eigenvalue weighted by Gasteiger charge is 2.35. The second kappa shape index (κ2) is 17.2. The largest absolute Gasteiger partial charge is 0.390 e. The molecule has 0 aliphatic carbocycles. The maximum atomic E-state index is 13.3. The summed E-state index contributed by atoms with van der Waals surface area (Å²) in [7, 11) is 0. The maximum absolute atomic E-state index is 13.3. The molecule has 0 aromatic heterocycles. The standard InChI is InChI=1S/C30H56N2O8/c1-10-20(33)26(38)27(39)22(35)17-31-23(36)14-13-19(28(40)30(7,8)9)16-21(34)25(18(2)3)32-24(37)12-11-15-29(4,5)6/h18-20,22,25-27,33,35,38-39H,10-17H2,1-9H3,(H,31,36)(H,32,37)/t19-,20-,22+,25+,26-,27-/m1/s1. The molecular weight excluding hydrogens is 516 g/mol. The molecule has 6 atom stereocenters. The van der Waals surface area contributed by atoms with Crippen molar-refractivity contribution >= 4 is 23.4 Å². The number of hydrogen-bond acceptors (Lipinski definition) is 8. The van der Waals surface area contributed by atoms with Gasteiger partial charge in [-0.1, -0.05) is 62.3 Å². The Morgan fingerprint density at radius 1 is 0.800 bits per heavy atom. The number of carbonyl (C=O) groups excluding carboxylic acids is 4. The molecule has 0 unspecified atom stereocenters. The number of hydrogen-bond donors (Lipinski definition) is 6. The summed E-state index contributed by atoms with van der Waals surface area (Å²) in [6.45, 7) is 16.5. The van der Waals surface area contributed by atoms with Gasteiger partial charge in [-0.2, -0.15) is 0 Å². The Morgan fingerprint density at radius 2 is 1.35 bits per heavy atom. The van der Waals surface area contributed by atoms with Crippen LogP contribution in [0.15, 0.2) is 0 Å². The highest BCUT2D eigenvalue weighted by Crippen LogP contribution is 2.27. The molecule has 0 aromatic rings. The van der Waals surface area contributed by atoms with Crippen LogP contribution >= 0.6 is 0 Å². The molecule has 6 N–H and O–H groups in total. The van der Waals surface area contributed by atoms with Gasteiger partial charge in [0.1, 0.15) is 18.0 Å². The van der Waals surface area contributed by atoms with Crippen LogP contribution in [-0.2, 0) is 19.2 Å². The molecule has 234 valence electrons. The lowest BCUT2D eigenvalue weighted by Gasteiger charge is -2.28. The number of amides is 2. The molecule has 0 aliphatic heterocycles. The lowest BCUT2D eigenvalue weighted by molar-refractivity contribution is -0.135. The normalized spacial score (nSPS) is 16.9. The molecule has 40 heavy (non-hydrogen) atoms. The van der Waals surface area contributed by atoms with Crippen molar-refractivity contribution in [1.29, 1.82) is 0 Å². The predicted molar refractivity (Wildman–Crippen MR) is 154 cm³/mol. The van der Waals surface area contributed by atoms with E-state index in [4.69, 9.17) is 0 Å². The van der Waals surface area contributed by atoms with Crippen molar-refractivity contribution in [3.63, 3.8) is 0 Å². The summed E-state index contributed by atoms with van der Waals surface area (Å²) >= 11 is 0. The summed E-state index contributed by atoms with van der Waals surface area (Å²) in [6.07, 6.45) is -3.99. The first-order chi connectivity index (χ1) is 18.2. The third-order valence-corrected chi connectivity index (χ3v) is 7.00. The van der Waals surface area contributed by atoms with Gasteiger partial charge in [0.25, 0.3) is 0 Å². The number of Topliss-reactive ketones (excluding diaryl/α,β-unsaturated/α-hetero) is 2. The van der Waals surface area contributed by atoms with Crippen LogP contribution in [0.25, 0.3) is 0 Å². The first kappa shape index (κ1) is 38.1. The van der Waals surface area contributed by atoms with Crippen LogP contribution < -0.4 is 10.6 Å². The van der Waals surface area contributed by atoms with Gasteiger partial charge in [-0.15, -0.1) is 0 Å². The van der Waals surface area contributed by atoms with Crippen molar-refractivity contribution < 1.29 is 39.6 Å². The molecule has 0 aromatic carbocycles. The van der Waals surface area contributed by atoms with E-state index in [1.807, 2.05) is 13.8 Å². The molecule has 0 saturated heterocycles. The van der Waals surface area contributed by atoms with E-state index in [0.29, 0.717) is 12.8 Å². The quantitative estimate of drug-likeness (QED) is 0.145. The van der Waals surface area contributed by atoms with Crippen LogP contribution in [0, 0.1) is 22.7 Å². The Morgan fingerprint density at radius 3 is 1.82 bits per heavy atom. The molecule has 0 saturated carbocycles. The van der Waals surface area contributed by atoms with Crippen molar-refractivity contribution in [2.75, 3.05) is 6.54 Å². The number of aliphatic hydroxyl groups excluding tert-OH is 4. The van der Waals surface area contributed by atoms with Crippen LogP contribution in [0.3, 0.4) is 0 Å². The van der Waals surface area contributed by atoms with E-state index in [-0.39, 0.29) is 61.0 Å². The predicted octanol–water partition coefficient (Wildman–Crippen LogP) is 2.28. The van der Waals surface area contributed by atoms with E-state index < -0.39 is 47.7 Å². The smallest absolute Gasteiger partial charge is 0.220 e. The van der Waals surface area contributed by atoms with Crippen LogP contribution in [0.2, 0.25) is 0 Å². The summed E-state index contributed by atoms with van der Waals surface area (Å²) in [5.74, 6) is -2.05. The summed E-state index contributed by atoms with van der Waals surface area (Å²) in [6, 6.07) is -0.743. The van der Waals surface area contributed by atoms with E-state index in [1.54, 1.807) is 27.7 Å². The maximum Gasteiger partial charge on any atom is 0.220 e. The van der Waals surface area contributed by atoms with Gasteiger partial charge in [0, 0.05) is 37.1 Å². The number of aliphatic hydroxyl groups is 4. The molecule has 0 heterocycles. The van der Waals surface area contributed by atoms with Gasteiger partial charge in [0.15, 0.2) is 5.78 Å². The molecule has 0 fully saturated rings. The number of carbonyl (C=O) groups is 4. The van der Waals surface area contributed by atoms with Crippen molar-refractivity contribution in [3.05, 3.63) is 0 Å². The zero-order valence-corrected chi connectivity index (χ0v) is 26.1. The minimum Gasteiger partial charge on any atom is -0.390 e. The number of nitrogens with one attached hydrogen (secondary N) is 2. The SMILES string of the molecule is CC[C@@H](O)[C@@H](O)[C@H](O)[C@@H](O)CNC(=O)CC[C@H](CC(=O)[C@@H](NC(=O)CCCC(C)(C)C)C(C)C)C(=O)C(C)(C)C. The minimum atomic E-state index is -1.65. The second-order valence-electron chi connectivity index (χ2n) is 13.6. The number of rotatable bonds is 18. The summed E-state index contributed by atoms with van der Waals surface area (Å²) in [4.78, 5) is 51.5. The Balaban J connectivity index is 5.24. The van der Waals surface area contributed by atoms with Gasteiger partial charge in [0.2, 0.25) is 11.8 Å². The van der Waals surface area contributed by atoms with Crippen molar-refractivity contribution in [1.82, 2.24) is 10.6 Å². The molecule has 2 amide bonds. The van der Waals surface area contributed by atoms with Gasteiger partial charge in [-0.05, 0) is 37.0 Å². The third-order valence-electron chi connectivity index (χ3n) is 7.00.